The number of nitrogens with two attached hydrogens (primary N) is 1. The smallest absolute Gasteiger partial charge is 0.231 e. The molecule has 2 heterocycles. The lowest BCUT2D eigenvalue weighted by Crippen LogP contribution is -1.92. The average Bonchev–Trinajstić information content (AvgIpc) is 2.61. The van der Waals surface area contributed by atoms with Crippen molar-refractivity contribution in [3.63, 3.8) is 0 Å². The summed E-state index contributed by atoms with van der Waals surface area (Å²) in [5.41, 5.74) is 6.41. The summed E-state index contributed by atoms with van der Waals surface area (Å²) in [7, 11) is 0. The first-order valence-corrected chi connectivity index (χ1v) is 4.29. The first-order chi connectivity index (χ1) is 6.83. The first-order valence-electron chi connectivity index (χ1n) is 4.29. The van der Waals surface area contributed by atoms with E-state index in [2.05, 4.69) is 4.98 Å². The van der Waals surface area contributed by atoms with Crippen molar-refractivity contribution in [2.75, 3.05) is 12.5 Å². The van der Waals surface area contributed by atoms with E-state index in [1.807, 2.05) is 18.2 Å². The van der Waals surface area contributed by atoms with Gasteiger partial charge in [0.15, 0.2) is 11.5 Å². The van der Waals surface area contributed by atoms with Crippen molar-refractivity contribution >= 4 is 16.7 Å². The van der Waals surface area contributed by atoms with Crippen LogP contribution in [0.5, 0.6) is 11.5 Å². The summed E-state index contributed by atoms with van der Waals surface area (Å²) in [6, 6.07) is 7.43. The van der Waals surface area contributed by atoms with Crippen LogP contribution >= 0.6 is 0 Å². The van der Waals surface area contributed by atoms with E-state index >= 15 is 0 Å². The Hall–Kier alpha value is -1.97. The fourth-order valence-corrected chi connectivity index (χ4v) is 1.53. The second kappa shape index (κ2) is 2.51. The maximum Gasteiger partial charge on any atom is 0.231 e. The number of rotatable bonds is 0. The first kappa shape index (κ1) is 7.44. The van der Waals surface area contributed by atoms with Gasteiger partial charge in [0.2, 0.25) is 6.79 Å². The predicted octanol–water partition coefficient (Wildman–Crippen LogP) is 1.55. The molecule has 3 rings (SSSR count). The third kappa shape index (κ3) is 0.970. The maximum atomic E-state index is 5.59. The largest absolute Gasteiger partial charge is 0.454 e. The molecule has 1 aromatic carbocycles. The zero-order valence-electron chi connectivity index (χ0n) is 7.36. The molecule has 2 aromatic rings. The topological polar surface area (TPSA) is 57.4 Å². The second-order valence-electron chi connectivity index (χ2n) is 3.13. The van der Waals surface area contributed by atoms with Gasteiger partial charge in [-0.2, -0.15) is 0 Å². The Bertz CT molecular complexity index is 511. The van der Waals surface area contributed by atoms with Gasteiger partial charge in [0.1, 0.15) is 5.82 Å². The Morgan fingerprint density at radius 3 is 2.79 bits per heavy atom. The molecular weight excluding hydrogens is 180 g/mol. The molecule has 4 nitrogen and oxygen atoms in total. The van der Waals surface area contributed by atoms with Crippen molar-refractivity contribution in [1.82, 2.24) is 4.98 Å². The molecule has 70 valence electrons. The molecule has 0 saturated carbocycles. The molecule has 0 amide bonds. The third-order valence-electron chi connectivity index (χ3n) is 2.21. The number of hydrogen-bond donors (Lipinski definition) is 1. The summed E-state index contributed by atoms with van der Waals surface area (Å²) in [6.07, 6.45) is 0. The highest BCUT2D eigenvalue weighted by Gasteiger charge is 2.14. The molecule has 2 N–H and O–H groups in total. The van der Waals surface area contributed by atoms with E-state index in [-0.39, 0.29) is 6.79 Å². The van der Waals surface area contributed by atoms with Gasteiger partial charge in [-0.25, -0.2) is 4.98 Å². The summed E-state index contributed by atoms with van der Waals surface area (Å²) in [5, 5.41) is 1.00. The summed E-state index contributed by atoms with van der Waals surface area (Å²) in [6.45, 7) is 0.279. The van der Waals surface area contributed by atoms with E-state index in [1.54, 1.807) is 6.07 Å². The molecule has 0 radical (unpaired) electrons. The van der Waals surface area contributed by atoms with Crippen LogP contribution in [0.15, 0.2) is 24.3 Å². The lowest BCUT2D eigenvalue weighted by atomic mass is 10.2. The zero-order chi connectivity index (χ0) is 9.54. The molecule has 14 heavy (non-hydrogen) atoms. The van der Waals surface area contributed by atoms with Gasteiger partial charge in [-0.05, 0) is 18.2 Å². The van der Waals surface area contributed by atoms with Gasteiger partial charge < -0.3 is 15.2 Å². The lowest BCUT2D eigenvalue weighted by Gasteiger charge is -2.00. The molecule has 0 unspecified atom stereocenters. The molecule has 1 aromatic heterocycles. The summed E-state index contributed by atoms with van der Waals surface area (Å²) < 4.78 is 10.5. The monoisotopic (exact) mass is 188 g/mol. The minimum absolute atomic E-state index is 0.279. The van der Waals surface area contributed by atoms with Crippen LogP contribution in [-0.4, -0.2) is 11.8 Å². The Morgan fingerprint density at radius 1 is 1.14 bits per heavy atom. The van der Waals surface area contributed by atoms with Gasteiger partial charge >= 0.3 is 0 Å². The highest BCUT2D eigenvalue weighted by atomic mass is 16.7. The summed E-state index contributed by atoms with van der Waals surface area (Å²) >= 11 is 0. The average molecular weight is 188 g/mol. The number of ether oxygens (including phenoxy) is 2. The molecular formula is C10H8N2O2. The Labute approximate surface area is 80.3 Å². The standard InChI is InChI=1S/C10H8N2O2/c11-10-2-1-6-3-8-9(14-5-13-8)4-7(6)12-10/h1-4H,5H2,(H2,11,12). The van der Waals surface area contributed by atoms with Crippen molar-refractivity contribution in [2.45, 2.75) is 0 Å². The van der Waals surface area contributed by atoms with Gasteiger partial charge in [0.05, 0.1) is 5.52 Å². The van der Waals surface area contributed by atoms with Crippen LogP contribution in [0.1, 0.15) is 0 Å². The third-order valence-corrected chi connectivity index (χ3v) is 2.21. The van der Waals surface area contributed by atoms with Crippen LogP contribution in [0, 0.1) is 0 Å². The van der Waals surface area contributed by atoms with Crippen LogP contribution in [0.4, 0.5) is 5.82 Å². The van der Waals surface area contributed by atoms with E-state index in [1.165, 1.54) is 0 Å². The van der Waals surface area contributed by atoms with Gasteiger partial charge in [-0.15, -0.1) is 0 Å². The molecule has 0 atom stereocenters. The van der Waals surface area contributed by atoms with E-state index < -0.39 is 0 Å². The van der Waals surface area contributed by atoms with Crippen molar-refractivity contribution in [3.8, 4) is 11.5 Å². The van der Waals surface area contributed by atoms with Gasteiger partial charge in [0, 0.05) is 11.5 Å². The quantitative estimate of drug-likeness (QED) is 0.681. The van der Waals surface area contributed by atoms with Crippen LogP contribution < -0.4 is 15.2 Å². The Balaban J connectivity index is 2.33. The molecule has 1 aliphatic heterocycles. The number of aromatic nitrogens is 1. The van der Waals surface area contributed by atoms with Crippen molar-refractivity contribution < 1.29 is 9.47 Å². The van der Waals surface area contributed by atoms with Crippen LogP contribution in [-0.2, 0) is 0 Å². The highest BCUT2D eigenvalue weighted by molar-refractivity contribution is 5.84. The Morgan fingerprint density at radius 2 is 1.93 bits per heavy atom. The van der Waals surface area contributed by atoms with Crippen molar-refractivity contribution in [1.29, 1.82) is 0 Å². The number of nitrogens with zero attached hydrogens (tertiary/aromatic N) is 1. The van der Waals surface area contributed by atoms with E-state index in [0.29, 0.717) is 5.82 Å². The number of nitrogen functional groups attached to an aromatic ring is 1. The van der Waals surface area contributed by atoms with Crippen LogP contribution in [0.25, 0.3) is 10.9 Å². The normalized spacial score (nSPS) is 13.4. The zero-order valence-corrected chi connectivity index (χ0v) is 7.36. The van der Waals surface area contributed by atoms with Gasteiger partial charge in [-0.1, -0.05) is 0 Å². The van der Waals surface area contributed by atoms with Crippen molar-refractivity contribution in [2.24, 2.45) is 0 Å². The SMILES string of the molecule is Nc1ccc2cc3c(cc2n1)OCO3. The molecule has 0 saturated heterocycles. The molecule has 1 aliphatic rings. The fraction of sp³-hybridized carbons (Fsp3) is 0.100. The number of pyridine rings is 1. The van der Waals surface area contributed by atoms with Crippen LogP contribution in [0.3, 0.4) is 0 Å². The highest BCUT2D eigenvalue weighted by Crippen LogP contribution is 2.35. The molecule has 0 fully saturated rings. The minimum Gasteiger partial charge on any atom is -0.454 e. The van der Waals surface area contributed by atoms with Crippen molar-refractivity contribution in [3.05, 3.63) is 24.3 Å². The number of hydrogen-bond acceptors (Lipinski definition) is 4. The Kier molecular flexibility index (Phi) is 1.33. The van der Waals surface area contributed by atoms with E-state index in [9.17, 15) is 0 Å². The van der Waals surface area contributed by atoms with Gasteiger partial charge in [-0.3, -0.25) is 0 Å². The molecule has 0 aliphatic carbocycles. The summed E-state index contributed by atoms with van der Waals surface area (Å²) in [4.78, 5) is 4.20. The van der Waals surface area contributed by atoms with Crippen LogP contribution in [0.2, 0.25) is 0 Å². The van der Waals surface area contributed by atoms with Gasteiger partial charge in [0.25, 0.3) is 0 Å². The fourth-order valence-electron chi connectivity index (χ4n) is 1.53. The predicted molar refractivity (Wildman–Crippen MR) is 52.3 cm³/mol. The molecule has 0 bridgehead atoms. The van der Waals surface area contributed by atoms with E-state index in [4.69, 9.17) is 15.2 Å². The number of benzene rings is 1. The second-order valence-corrected chi connectivity index (χ2v) is 3.13. The minimum atomic E-state index is 0.279. The maximum absolute atomic E-state index is 5.59. The number of anilines is 1. The summed E-state index contributed by atoms with van der Waals surface area (Å²) in [5.74, 6) is 2.01. The lowest BCUT2D eigenvalue weighted by molar-refractivity contribution is 0.174. The molecule has 4 heteroatoms. The van der Waals surface area contributed by atoms with E-state index in [0.717, 1.165) is 22.4 Å². The number of fused-ring (bicyclic) bond motifs is 2. The molecule has 0 spiro atoms.